The van der Waals surface area contributed by atoms with Crippen molar-refractivity contribution in [2.75, 3.05) is 6.54 Å². The van der Waals surface area contributed by atoms with E-state index in [4.69, 9.17) is 4.99 Å². The molecule has 31 heavy (non-hydrogen) atoms. The molecule has 0 bridgehead atoms. The van der Waals surface area contributed by atoms with Gasteiger partial charge in [-0.1, -0.05) is 42.4 Å². The number of hydrogen-bond donors (Lipinski definition) is 0. The fourth-order valence-corrected chi connectivity index (χ4v) is 6.50. The highest BCUT2D eigenvalue weighted by molar-refractivity contribution is 8.14. The molecule has 0 unspecified atom stereocenters. The number of aliphatic imine (C=N–C) groups is 1. The van der Waals surface area contributed by atoms with Gasteiger partial charge in [-0.2, -0.15) is 0 Å². The molecule has 0 saturated carbocycles. The Hall–Kier alpha value is -2.53. The summed E-state index contributed by atoms with van der Waals surface area (Å²) in [5.74, 6) is 0. The fourth-order valence-electron chi connectivity index (χ4n) is 5.41. The van der Waals surface area contributed by atoms with E-state index in [2.05, 4.69) is 86.3 Å². The molecule has 4 heterocycles. The summed E-state index contributed by atoms with van der Waals surface area (Å²) in [6.45, 7) is 14.4. The third-order valence-corrected chi connectivity index (χ3v) is 7.63. The molecular formula is C26H30N4S. The first-order valence-electron chi connectivity index (χ1n) is 11.0. The summed E-state index contributed by atoms with van der Waals surface area (Å²) in [7, 11) is 0. The lowest BCUT2D eigenvalue weighted by Gasteiger charge is -2.27. The number of aromatic nitrogens is 2. The molecule has 160 valence electrons. The number of fused-ring (bicyclic) bond motifs is 1. The van der Waals surface area contributed by atoms with Crippen LogP contribution in [0.5, 0.6) is 0 Å². The lowest BCUT2D eigenvalue weighted by Crippen LogP contribution is -2.29. The minimum absolute atomic E-state index is 0.0327. The fraction of sp³-hybridized carbons (Fsp3) is 0.385. The van der Waals surface area contributed by atoms with E-state index < -0.39 is 0 Å². The Morgan fingerprint density at radius 3 is 2.42 bits per heavy atom. The van der Waals surface area contributed by atoms with Crippen LogP contribution in [-0.2, 0) is 0 Å². The normalized spacial score (nSPS) is 22.7. The molecule has 3 aromatic rings. The van der Waals surface area contributed by atoms with E-state index in [1.807, 2.05) is 24.0 Å². The summed E-state index contributed by atoms with van der Waals surface area (Å²) in [5.41, 5.74) is 10.3. The van der Waals surface area contributed by atoms with E-state index in [0.717, 1.165) is 12.2 Å². The van der Waals surface area contributed by atoms with Gasteiger partial charge in [0.25, 0.3) is 0 Å². The Morgan fingerprint density at radius 1 is 1.00 bits per heavy atom. The third kappa shape index (κ3) is 3.30. The van der Waals surface area contributed by atoms with Gasteiger partial charge >= 0.3 is 0 Å². The van der Waals surface area contributed by atoms with Crippen LogP contribution < -0.4 is 0 Å². The molecule has 5 heteroatoms. The van der Waals surface area contributed by atoms with Crippen LogP contribution in [0.2, 0.25) is 0 Å². The molecule has 4 nitrogen and oxygen atoms in total. The summed E-state index contributed by atoms with van der Waals surface area (Å²) in [4.78, 5) is 12.4. The molecular weight excluding hydrogens is 400 g/mol. The van der Waals surface area contributed by atoms with E-state index in [9.17, 15) is 0 Å². The molecule has 0 radical (unpaired) electrons. The molecule has 3 atom stereocenters. The van der Waals surface area contributed by atoms with Gasteiger partial charge in [0.2, 0.25) is 0 Å². The van der Waals surface area contributed by atoms with Gasteiger partial charge in [-0.05, 0) is 69.5 Å². The summed E-state index contributed by atoms with van der Waals surface area (Å²) in [6.07, 6.45) is 1.88. The third-order valence-electron chi connectivity index (χ3n) is 6.53. The second-order valence-electron chi connectivity index (χ2n) is 9.05. The van der Waals surface area contributed by atoms with Crippen molar-refractivity contribution in [2.45, 2.75) is 58.9 Å². The molecule has 0 aliphatic carbocycles. The van der Waals surface area contributed by atoms with E-state index in [0.29, 0.717) is 5.25 Å². The number of thioether (sulfide) groups is 1. The van der Waals surface area contributed by atoms with Gasteiger partial charge < -0.3 is 9.47 Å². The minimum Gasteiger partial charge on any atom is -0.341 e. The lowest BCUT2D eigenvalue weighted by atomic mass is 9.96. The Labute approximate surface area is 189 Å². The largest absolute Gasteiger partial charge is 0.341 e. The molecule has 2 aromatic heterocycles. The number of benzene rings is 1. The van der Waals surface area contributed by atoms with Gasteiger partial charge in [0.05, 0.1) is 17.4 Å². The quantitative estimate of drug-likeness (QED) is 0.511. The second kappa shape index (κ2) is 7.56. The van der Waals surface area contributed by atoms with Crippen LogP contribution in [0.3, 0.4) is 0 Å². The van der Waals surface area contributed by atoms with Crippen molar-refractivity contribution in [3.8, 4) is 5.69 Å². The molecule has 0 spiro atoms. The first kappa shape index (κ1) is 20.4. The predicted molar refractivity (Wildman–Crippen MR) is 130 cm³/mol. The molecule has 0 amide bonds. The average Bonchev–Trinajstić information content (AvgIpc) is 3.33. The highest BCUT2D eigenvalue weighted by Crippen LogP contribution is 2.49. The molecule has 5 rings (SSSR count). The van der Waals surface area contributed by atoms with Crippen LogP contribution in [0.1, 0.15) is 58.3 Å². The van der Waals surface area contributed by atoms with Crippen molar-refractivity contribution in [1.29, 1.82) is 0 Å². The van der Waals surface area contributed by atoms with Crippen LogP contribution in [0, 0.1) is 34.6 Å². The van der Waals surface area contributed by atoms with Crippen LogP contribution in [-0.4, -0.2) is 31.4 Å². The maximum Gasteiger partial charge on any atom is 0.160 e. The van der Waals surface area contributed by atoms with Crippen molar-refractivity contribution < 1.29 is 0 Å². The smallest absolute Gasteiger partial charge is 0.160 e. The maximum absolute atomic E-state index is 5.16. The summed E-state index contributed by atoms with van der Waals surface area (Å²) >= 11 is 1.89. The van der Waals surface area contributed by atoms with Crippen molar-refractivity contribution in [3.63, 3.8) is 0 Å². The summed E-state index contributed by atoms with van der Waals surface area (Å²) < 4.78 is 2.44. The SMILES string of the molecule is Cc1cc(C)c(-n2c(C)cc([C@H]3[C@@H](c4ccccn4)N=C4S[C@@H](C)CN43)c2C)c(C)c1. The molecule has 1 fully saturated rings. The van der Waals surface area contributed by atoms with Gasteiger partial charge in [0.1, 0.15) is 6.04 Å². The van der Waals surface area contributed by atoms with Crippen LogP contribution in [0.25, 0.3) is 5.69 Å². The zero-order valence-electron chi connectivity index (χ0n) is 19.2. The Kier molecular flexibility index (Phi) is 4.97. The average molecular weight is 431 g/mol. The zero-order valence-corrected chi connectivity index (χ0v) is 20.0. The highest BCUT2D eigenvalue weighted by Gasteiger charge is 2.44. The monoisotopic (exact) mass is 430 g/mol. The van der Waals surface area contributed by atoms with E-state index in [-0.39, 0.29) is 12.1 Å². The van der Waals surface area contributed by atoms with E-state index in [1.165, 1.54) is 44.5 Å². The van der Waals surface area contributed by atoms with E-state index >= 15 is 0 Å². The number of amidine groups is 1. The zero-order chi connectivity index (χ0) is 21.9. The van der Waals surface area contributed by atoms with Crippen LogP contribution >= 0.6 is 11.8 Å². The summed E-state index contributed by atoms with van der Waals surface area (Å²) in [5, 5.41) is 1.73. The highest BCUT2D eigenvalue weighted by atomic mass is 32.2. The number of rotatable bonds is 3. The van der Waals surface area contributed by atoms with Crippen molar-refractivity contribution in [1.82, 2.24) is 14.5 Å². The Balaban J connectivity index is 1.66. The van der Waals surface area contributed by atoms with Gasteiger partial charge in [0.15, 0.2) is 5.17 Å². The Bertz CT molecular complexity index is 1150. The minimum atomic E-state index is 0.0327. The van der Waals surface area contributed by atoms with Crippen LogP contribution in [0.4, 0.5) is 0 Å². The first-order valence-corrected chi connectivity index (χ1v) is 11.9. The van der Waals surface area contributed by atoms with Gasteiger partial charge in [0, 0.05) is 29.4 Å². The Morgan fingerprint density at radius 2 is 1.74 bits per heavy atom. The van der Waals surface area contributed by atoms with Gasteiger partial charge in [-0.25, -0.2) is 0 Å². The maximum atomic E-state index is 5.16. The summed E-state index contributed by atoms with van der Waals surface area (Å²) in [6, 6.07) is 13.3. The second-order valence-corrected chi connectivity index (χ2v) is 10.5. The van der Waals surface area contributed by atoms with Gasteiger partial charge in [-0.15, -0.1) is 0 Å². The molecule has 2 aliphatic heterocycles. The molecule has 1 aromatic carbocycles. The van der Waals surface area contributed by atoms with E-state index in [1.54, 1.807) is 0 Å². The number of hydrogen-bond acceptors (Lipinski definition) is 4. The number of pyridine rings is 1. The standard InChI is InChI=1S/C26H30N4S/c1-15-11-16(2)24(17(3)12-15)30-18(4)13-21(20(30)6)25-23(22-9-7-8-10-27-22)28-26-29(25)14-19(5)31-26/h7-13,19,23,25H,14H2,1-6H3/t19-,23+,25-/m0/s1. The lowest BCUT2D eigenvalue weighted by molar-refractivity contribution is 0.320. The van der Waals surface area contributed by atoms with Gasteiger partial charge in [-0.3, -0.25) is 9.98 Å². The number of nitrogens with zero attached hydrogens (tertiary/aromatic N) is 4. The van der Waals surface area contributed by atoms with Crippen LogP contribution in [0.15, 0.2) is 47.6 Å². The van der Waals surface area contributed by atoms with Crippen molar-refractivity contribution >= 4 is 16.9 Å². The number of aryl methyl sites for hydroxylation is 4. The van der Waals surface area contributed by atoms with Crippen molar-refractivity contribution in [3.05, 3.63) is 81.9 Å². The topological polar surface area (TPSA) is 33.4 Å². The predicted octanol–water partition coefficient (Wildman–Crippen LogP) is 6.00. The molecule has 0 N–H and O–H groups in total. The van der Waals surface area contributed by atoms with Crippen molar-refractivity contribution in [2.24, 2.45) is 4.99 Å². The molecule has 2 aliphatic rings. The first-order chi connectivity index (χ1) is 14.8. The molecule has 1 saturated heterocycles.